The quantitative estimate of drug-likeness (QED) is 0.779. The number of aliphatic hydroxyl groups excluding tert-OH is 1. The Balaban J connectivity index is 2.46. The van der Waals surface area contributed by atoms with E-state index in [9.17, 15) is 0 Å². The fourth-order valence-electron chi connectivity index (χ4n) is 1.36. The van der Waals surface area contributed by atoms with Crippen LogP contribution in [0.1, 0.15) is 5.56 Å². The molecule has 1 aromatic rings. The van der Waals surface area contributed by atoms with Gasteiger partial charge in [-0.3, -0.25) is 0 Å². The van der Waals surface area contributed by atoms with Crippen LogP contribution in [0.15, 0.2) is 30.3 Å². The molecule has 0 bridgehead atoms. The minimum atomic E-state index is 0.287. The Bertz CT molecular complexity index is 223. The molecule has 1 nitrogen and oxygen atoms in total. The molecule has 0 saturated carbocycles. The van der Waals surface area contributed by atoms with Gasteiger partial charge in [-0.25, -0.2) is 0 Å². The maximum atomic E-state index is 9.11. The zero-order valence-corrected chi connectivity index (χ0v) is 8.76. The zero-order chi connectivity index (χ0) is 9.52. The van der Waals surface area contributed by atoms with E-state index in [1.165, 1.54) is 5.56 Å². The number of thioether (sulfide) groups is 1. The molecule has 0 fully saturated rings. The number of hydrogen-bond donors (Lipinski definition) is 1. The Kier molecular flexibility index (Phi) is 4.94. The number of rotatable bonds is 5. The summed E-state index contributed by atoms with van der Waals surface area (Å²) in [7, 11) is 0. The van der Waals surface area contributed by atoms with E-state index in [1.54, 1.807) is 11.8 Å². The average molecular weight is 196 g/mol. The third kappa shape index (κ3) is 3.83. The maximum Gasteiger partial charge on any atom is 0.0470 e. The highest BCUT2D eigenvalue weighted by Gasteiger charge is 2.06. The molecule has 0 heterocycles. The van der Waals surface area contributed by atoms with Crippen molar-refractivity contribution in [2.45, 2.75) is 6.42 Å². The van der Waals surface area contributed by atoms with Crippen LogP contribution in [0.5, 0.6) is 0 Å². The average Bonchev–Trinajstić information content (AvgIpc) is 2.19. The second kappa shape index (κ2) is 6.06. The van der Waals surface area contributed by atoms with Gasteiger partial charge in [0.15, 0.2) is 0 Å². The molecular formula is C11H16OS. The Morgan fingerprint density at radius 2 is 2.00 bits per heavy atom. The molecule has 0 saturated heterocycles. The van der Waals surface area contributed by atoms with E-state index in [2.05, 4.69) is 18.4 Å². The largest absolute Gasteiger partial charge is 0.396 e. The SMILES string of the molecule is CSCC(CO)Cc1ccccc1. The summed E-state index contributed by atoms with van der Waals surface area (Å²) >= 11 is 1.79. The fraction of sp³-hybridized carbons (Fsp3) is 0.455. The molecule has 13 heavy (non-hydrogen) atoms. The van der Waals surface area contributed by atoms with E-state index in [4.69, 9.17) is 5.11 Å². The van der Waals surface area contributed by atoms with Crippen LogP contribution in [0.2, 0.25) is 0 Å². The molecule has 72 valence electrons. The second-order valence-corrected chi connectivity index (χ2v) is 4.10. The van der Waals surface area contributed by atoms with Crippen molar-refractivity contribution >= 4 is 11.8 Å². The maximum absolute atomic E-state index is 9.11. The number of benzene rings is 1. The highest BCUT2D eigenvalue weighted by molar-refractivity contribution is 7.98. The summed E-state index contributed by atoms with van der Waals surface area (Å²) in [4.78, 5) is 0. The highest BCUT2D eigenvalue weighted by Crippen LogP contribution is 2.12. The normalized spacial score (nSPS) is 12.8. The van der Waals surface area contributed by atoms with Crippen molar-refractivity contribution in [3.05, 3.63) is 35.9 Å². The predicted molar refractivity (Wildman–Crippen MR) is 59.1 cm³/mol. The summed E-state index contributed by atoms with van der Waals surface area (Å²) < 4.78 is 0. The molecule has 0 aliphatic heterocycles. The summed E-state index contributed by atoms with van der Waals surface area (Å²) in [6.45, 7) is 0.287. The van der Waals surface area contributed by atoms with Gasteiger partial charge in [0.05, 0.1) is 0 Å². The Morgan fingerprint density at radius 1 is 1.31 bits per heavy atom. The van der Waals surface area contributed by atoms with Crippen LogP contribution in [0.3, 0.4) is 0 Å². The van der Waals surface area contributed by atoms with Crippen molar-refractivity contribution in [1.29, 1.82) is 0 Å². The monoisotopic (exact) mass is 196 g/mol. The molecule has 0 aliphatic carbocycles. The van der Waals surface area contributed by atoms with E-state index in [1.807, 2.05) is 18.2 Å². The van der Waals surface area contributed by atoms with E-state index in [0.717, 1.165) is 12.2 Å². The molecule has 1 unspecified atom stereocenters. The first-order chi connectivity index (χ1) is 6.36. The third-order valence-electron chi connectivity index (χ3n) is 2.03. The first-order valence-corrected chi connectivity index (χ1v) is 5.90. The van der Waals surface area contributed by atoms with Crippen LogP contribution in [0.4, 0.5) is 0 Å². The molecule has 1 N–H and O–H groups in total. The molecule has 0 aromatic heterocycles. The lowest BCUT2D eigenvalue weighted by Gasteiger charge is -2.11. The van der Waals surface area contributed by atoms with Crippen LogP contribution in [-0.2, 0) is 6.42 Å². The van der Waals surface area contributed by atoms with Gasteiger partial charge in [-0.05, 0) is 29.9 Å². The molecule has 1 aromatic carbocycles. The zero-order valence-electron chi connectivity index (χ0n) is 7.94. The van der Waals surface area contributed by atoms with Gasteiger partial charge in [0.2, 0.25) is 0 Å². The van der Waals surface area contributed by atoms with Gasteiger partial charge in [0.1, 0.15) is 0 Å². The van der Waals surface area contributed by atoms with Gasteiger partial charge in [0, 0.05) is 6.61 Å². The second-order valence-electron chi connectivity index (χ2n) is 3.19. The molecule has 0 amide bonds. The van der Waals surface area contributed by atoms with Crippen LogP contribution in [0.25, 0.3) is 0 Å². The van der Waals surface area contributed by atoms with E-state index >= 15 is 0 Å². The first kappa shape index (κ1) is 10.6. The molecule has 0 radical (unpaired) electrons. The lowest BCUT2D eigenvalue weighted by Crippen LogP contribution is -2.12. The number of hydrogen-bond acceptors (Lipinski definition) is 2. The lowest BCUT2D eigenvalue weighted by molar-refractivity contribution is 0.239. The predicted octanol–water partition coefficient (Wildman–Crippen LogP) is 2.20. The first-order valence-electron chi connectivity index (χ1n) is 4.50. The van der Waals surface area contributed by atoms with Crippen molar-refractivity contribution in [1.82, 2.24) is 0 Å². The Hall–Kier alpha value is -0.470. The summed E-state index contributed by atoms with van der Waals surface area (Å²) in [6, 6.07) is 10.3. The van der Waals surface area contributed by atoms with Crippen molar-refractivity contribution in [3.63, 3.8) is 0 Å². The molecule has 2 heteroatoms. The van der Waals surface area contributed by atoms with Gasteiger partial charge in [-0.2, -0.15) is 11.8 Å². The standard InChI is InChI=1S/C11H16OS/c1-13-9-11(8-12)7-10-5-3-2-4-6-10/h2-6,11-12H,7-9H2,1H3. The van der Waals surface area contributed by atoms with Crippen LogP contribution in [-0.4, -0.2) is 23.7 Å². The fourth-order valence-corrected chi connectivity index (χ4v) is 2.05. The Morgan fingerprint density at radius 3 is 2.54 bits per heavy atom. The minimum absolute atomic E-state index is 0.287. The summed E-state index contributed by atoms with van der Waals surface area (Å²) in [5.41, 5.74) is 1.32. The van der Waals surface area contributed by atoms with E-state index in [0.29, 0.717) is 5.92 Å². The molecule has 0 spiro atoms. The van der Waals surface area contributed by atoms with Crippen molar-refractivity contribution < 1.29 is 5.11 Å². The van der Waals surface area contributed by atoms with Crippen LogP contribution in [0, 0.1) is 5.92 Å². The van der Waals surface area contributed by atoms with Gasteiger partial charge in [-0.15, -0.1) is 0 Å². The van der Waals surface area contributed by atoms with E-state index < -0.39 is 0 Å². The van der Waals surface area contributed by atoms with E-state index in [-0.39, 0.29) is 6.61 Å². The molecule has 1 atom stereocenters. The van der Waals surface area contributed by atoms with Gasteiger partial charge in [-0.1, -0.05) is 30.3 Å². The van der Waals surface area contributed by atoms with Crippen molar-refractivity contribution in [2.75, 3.05) is 18.6 Å². The Labute approximate surface area is 84.2 Å². The van der Waals surface area contributed by atoms with Crippen LogP contribution >= 0.6 is 11.8 Å². The van der Waals surface area contributed by atoms with Crippen molar-refractivity contribution in [2.24, 2.45) is 5.92 Å². The summed E-state index contributed by atoms with van der Waals surface area (Å²) in [5.74, 6) is 1.43. The van der Waals surface area contributed by atoms with Crippen LogP contribution < -0.4 is 0 Å². The van der Waals surface area contributed by atoms with Crippen molar-refractivity contribution in [3.8, 4) is 0 Å². The van der Waals surface area contributed by atoms with Gasteiger partial charge >= 0.3 is 0 Å². The number of aliphatic hydroxyl groups is 1. The third-order valence-corrected chi connectivity index (χ3v) is 2.83. The molecule has 1 rings (SSSR count). The summed E-state index contributed by atoms with van der Waals surface area (Å²) in [6.07, 6.45) is 3.06. The summed E-state index contributed by atoms with van der Waals surface area (Å²) in [5, 5.41) is 9.11. The van der Waals surface area contributed by atoms with Gasteiger partial charge < -0.3 is 5.11 Å². The lowest BCUT2D eigenvalue weighted by atomic mass is 10.0. The minimum Gasteiger partial charge on any atom is -0.396 e. The highest BCUT2D eigenvalue weighted by atomic mass is 32.2. The smallest absolute Gasteiger partial charge is 0.0470 e. The molecular weight excluding hydrogens is 180 g/mol. The molecule has 0 aliphatic rings. The van der Waals surface area contributed by atoms with Gasteiger partial charge in [0.25, 0.3) is 0 Å². The topological polar surface area (TPSA) is 20.2 Å².